The van der Waals surface area contributed by atoms with E-state index >= 15 is 0 Å². The second kappa shape index (κ2) is 5.85. The normalized spacial score (nSPS) is 25.0. The fourth-order valence-corrected chi connectivity index (χ4v) is 3.15. The summed E-state index contributed by atoms with van der Waals surface area (Å²) in [6, 6.07) is 0.783. The van der Waals surface area contributed by atoms with Crippen LogP contribution in [0.2, 0.25) is 0 Å². The van der Waals surface area contributed by atoms with Crippen molar-refractivity contribution in [3.8, 4) is 0 Å². The van der Waals surface area contributed by atoms with E-state index in [0.717, 1.165) is 19.1 Å². The van der Waals surface area contributed by atoms with Crippen LogP contribution in [0.25, 0.3) is 0 Å². The molecule has 1 saturated heterocycles. The van der Waals surface area contributed by atoms with Crippen LogP contribution in [0.4, 0.5) is 0 Å². The Morgan fingerprint density at radius 1 is 1.33 bits per heavy atom. The highest BCUT2D eigenvalue weighted by Gasteiger charge is 2.17. The maximum Gasteiger partial charge on any atom is 0.122 e. The van der Waals surface area contributed by atoms with Gasteiger partial charge in [-0.05, 0) is 38.8 Å². The molecule has 0 radical (unpaired) electrons. The first-order chi connectivity index (χ1) is 8.92. The van der Waals surface area contributed by atoms with Gasteiger partial charge >= 0.3 is 0 Å². The van der Waals surface area contributed by atoms with Gasteiger partial charge in [0.1, 0.15) is 5.82 Å². The summed E-state index contributed by atoms with van der Waals surface area (Å²) in [5.41, 5.74) is 0. The predicted octanol–water partition coefficient (Wildman–Crippen LogP) is 1.62. The molecule has 0 aliphatic carbocycles. The maximum atomic E-state index is 4.41. The number of nitrogens with one attached hydrogen (secondary N) is 1. The molecule has 0 saturated carbocycles. The van der Waals surface area contributed by atoms with Gasteiger partial charge in [-0.3, -0.25) is 4.90 Å². The molecule has 1 aromatic heterocycles. The van der Waals surface area contributed by atoms with Crippen molar-refractivity contribution in [3.05, 3.63) is 18.2 Å². The van der Waals surface area contributed by atoms with E-state index < -0.39 is 0 Å². The molecule has 1 unspecified atom stereocenters. The van der Waals surface area contributed by atoms with Crippen molar-refractivity contribution in [3.63, 3.8) is 0 Å². The van der Waals surface area contributed by atoms with Crippen LogP contribution in [-0.4, -0.2) is 40.1 Å². The zero-order valence-electron chi connectivity index (χ0n) is 11.1. The van der Waals surface area contributed by atoms with Gasteiger partial charge in [-0.25, -0.2) is 4.98 Å². The van der Waals surface area contributed by atoms with Crippen LogP contribution in [0.1, 0.15) is 37.9 Å². The first-order valence-electron chi connectivity index (χ1n) is 7.37. The summed E-state index contributed by atoms with van der Waals surface area (Å²) in [4.78, 5) is 6.96. The minimum Gasteiger partial charge on any atom is -0.333 e. The Hall–Kier alpha value is -0.870. The molecule has 1 N–H and O–H groups in total. The van der Waals surface area contributed by atoms with E-state index in [-0.39, 0.29) is 0 Å². The maximum absolute atomic E-state index is 4.41. The smallest absolute Gasteiger partial charge is 0.122 e. The second-order valence-corrected chi connectivity index (χ2v) is 5.60. The average Bonchev–Trinajstić information content (AvgIpc) is 2.87. The zero-order valence-corrected chi connectivity index (χ0v) is 11.1. The summed E-state index contributed by atoms with van der Waals surface area (Å²) in [6.45, 7) is 5.78. The quantitative estimate of drug-likeness (QED) is 0.879. The fraction of sp³-hybridized carbons (Fsp3) is 0.786. The van der Waals surface area contributed by atoms with Gasteiger partial charge in [0.25, 0.3) is 0 Å². The molecule has 1 aromatic rings. The van der Waals surface area contributed by atoms with Crippen molar-refractivity contribution in [1.82, 2.24) is 19.8 Å². The van der Waals surface area contributed by atoms with Crippen molar-refractivity contribution in [2.45, 2.75) is 51.2 Å². The summed E-state index contributed by atoms with van der Waals surface area (Å²) in [5.74, 6) is 1.23. The molecule has 0 aromatic carbocycles. The summed E-state index contributed by atoms with van der Waals surface area (Å²) in [5, 5.41) is 3.63. The van der Waals surface area contributed by atoms with E-state index in [0.29, 0.717) is 0 Å². The van der Waals surface area contributed by atoms with Crippen molar-refractivity contribution >= 4 is 0 Å². The third kappa shape index (κ3) is 2.93. The SMILES string of the molecule is c1cn2c(n1)CN(CCCC1CCCCN1)CC2. The summed E-state index contributed by atoms with van der Waals surface area (Å²) in [6.07, 6.45) is 10.8. The molecule has 4 nitrogen and oxygen atoms in total. The molecule has 0 spiro atoms. The minimum atomic E-state index is 0.783. The topological polar surface area (TPSA) is 33.1 Å². The van der Waals surface area contributed by atoms with Crippen LogP contribution < -0.4 is 5.32 Å². The molecule has 1 fully saturated rings. The van der Waals surface area contributed by atoms with Crippen LogP contribution in [0.5, 0.6) is 0 Å². The van der Waals surface area contributed by atoms with Crippen LogP contribution in [0.15, 0.2) is 12.4 Å². The molecule has 100 valence electrons. The van der Waals surface area contributed by atoms with Gasteiger partial charge < -0.3 is 9.88 Å². The molecule has 18 heavy (non-hydrogen) atoms. The number of hydrogen-bond donors (Lipinski definition) is 1. The summed E-state index contributed by atoms with van der Waals surface area (Å²) < 4.78 is 2.28. The third-order valence-corrected chi connectivity index (χ3v) is 4.26. The largest absolute Gasteiger partial charge is 0.333 e. The number of hydrogen-bond acceptors (Lipinski definition) is 3. The Morgan fingerprint density at radius 2 is 2.33 bits per heavy atom. The highest BCUT2D eigenvalue weighted by Crippen LogP contribution is 2.14. The first-order valence-corrected chi connectivity index (χ1v) is 7.37. The molecule has 0 bridgehead atoms. The van der Waals surface area contributed by atoms with Gasteiger partial charge in [-0.15, -0.1) is 0 Å². The van der Waals surface area contributed by atoms with Gasteiger partial charge in [0.05, 0.1) is 6.54 Å². The van der Waals surface area contributed by atoms with E-state index in [9.17, 15) is 0 Å². The number of piperidine rings is 1. The van der Waals surface area contributed by atoms with Gasteiger partial charge in [0.15, 0.2) is 0 Å². The molecule has 3 heterocycles. The molecule has 3 rings (SSSR count). The Morgan fingerprint density at radius 3 is 3.22 bits per heavy atom. The summed E-state index contributed by atoms with van der Waals surface area (Å²) in [7, 11) is 0. The molecule has 1 atom stereocenters. The standard InChI is InChI=1S/C14H24N4/c1-2-6-15-13(4-1)5-3-8-17-10-11-18-9-7-16-14(18)12-17/h7,9,13,15H,1-6,8,10-12H2. The second-order valence-electron chi connectivity index (χ2n) is 5.60. The van der Waals surface area contributed by atoms with Crippen LogP contribution in [0, 0.1) is 0 Å². The number of fused-ring (bicyclic) bond motifs is 1. The average molecular weight is 248 g/mol. The molecule has 4 heteroatoms. The number of rotatable bonds is 4. The van der Waals surface area contributed by atoms with Gasteiger partial charge in [0.2, 0.25) is 0 Å². The molecular formula is C14H24N4. The van der Waals surface area contributed by atoms with Crippen molar-refractivity contribution in [2.24, 2.45) is 0 Å². The lowest BCUT2D eigenvalue weighted by Gasteiger charge is -2.29. The molecule has 0 amide bonds. The number of imidazole rings is 1. The molecule has 2 aliphatic heterocycles. The Bertz CT molecular complexity index is 368. The predicted molar refractivity (Wildman–Crippen MR) is 72.4 cm³/mol. The van der Waals surface area contributed by atoms with Crippen molar-refractivity contribution in [1.29, 1.82) is 0 Å². The minimum absolute atomic E-state index is 0.783. The van der Waals surface area contributed by atoms with Crippen molar-refractivity contribution in [2.75, 3.05) is 19.6 Å². The summed E-state index contributed by atoms with van der Waals surface area (Å²) >= 11 is 0. The highest BCUT2D eigenvalue weighted by molar-refractivity contribution is 4.95. The van der Waals surface area contributed by atoms with E-state index in [2.05, 4.69) is 26.0 Å². The Balaban J connectivity index is 1.39. The van der Waals surface area contributed by atoms with E-state index in [4.69, 9.17) is 0 Å². The lowest BCUT2D eigenvalue weighted by Crippen LogP contribution is -2.37. The zero-order chi connectivity index (χ0) is 12.2. The van der Waals surface area contributed by atoms with Gasteiger partial charge in [-0.2, -0.15) is 0 Å². The number of nitrogens with zero attached hydrogens (tertiary/aromatic N) is 3. The van der Waals surface area contributed by atoms with E-state index in [1.807, 2.05) is 6.20 Å². The Kier molecular flexibility index (Phi) is 3.96. The third-order valence-electron chi connectivity index (χ3n) is 4.26. The van der Waals surface area contributed by atoms with Crippen LogP contribution >= 0.6 is 0 Å². The highest BCUT2D eigenvalue weighted by atomic mass is 15.2. The number of aromatic nitrogens is 2. The lowest BCUT2D eigenvalue weighted by atomic mass is 10.0. The molecular weight excluding hydrogens is 224 g/mol. The Labute approximate surface area is 109 Å². The van der Waals surface area contributed by atoms with Crippen LogP contribution in [0.3, 0.4) is 0 Å². The monoisotopic (exact) mass is 248 g/mol. The fourth-order valence-electron chi connectivity index (χ4n) is 3.15. The van der Waals surface area contributed by atoms with Gasteiger partial charge in [-0.1, -0.05) is 6.42 Å². The van der Waals surface area contributed by atoms with E-state index in [1.54, 1.807) is 0 Å². The first kappa shape index (κ1) is 12.2. The van der Waals surface area contributed by atoms with Crippen molar-refractivity contribution < 1.29 is 0 Å². The molecule has 2 aliphatic rings. The lowest BCUT2D eigenvalue weighted by molar-refractivity contribution is 0.208. The van der Waals surface area contributed by atoms with Gasteiger partial charge in [0, 0.05) is 31.5 Å². The van der Waals surface area contributed by atoms with E-state index in [1.165, 1.54) is 57.6 Å². The van der Waals surface area contributed by atoms with Crippen LogP contribution in [-0.2, 0) is 13.1 Å².